The van der Waals surface area contributed by atoms with Crippen LogP contribution in [0.2, 0.25) is 0 Å². The number of anilines is 1. The predicted octanol–water partition coefficient (Wildman–Crippen LogP) is 4.17. The number of benzene rings is 2. The van der Waals surface area contributed by atoms with E-state index in [0.717, 1.165) is 18.4 Å². The van der Waals surface area contributed by atoms with E-state index in [1.54, 1.807) is 49.9 Å². The summed E-state index contributed by atoms with van der Waals surface area (Å²) >= 11 is 0. The van der Waals surface area contributed by atoms with Gasteiger partial charge >= 0.3 is 6.09 Å². The Hall–Kier alpha value is -3.79. The number of carbonyl (C=O) groups excluding carboxylic acids is 3. The van der Waals surface area contributed by atoms with Gasteiger partial charge in [-0.3, -0.25) is 9.59 Å². The molecule has 0 aromatic heterocycles. The van der Waals surface area contributed by atoms with Gasteiger partial charge in [0.15, 0.2) is 0 Å². The van der Waals surface area contributed by atoms with Gasteiger partial charge in [0.2, 0.25) is 5.91 Å². The van der Waals surface area contributed by atoms with Crippen LogP contribution in [0.5, 0.6) is 0 Å². The van der Waals surface area contributed by atoms with E-state index in [0.29, 0.717) is 16.8 Å². The van der Waals surface area contributed by atoms with E-state index >= 15 is 0 Å². The molecule has 0 radical (unpaired) electrons. The molecule has 7 nitrogen and oxygen atoms in total. The van der Waals surface area contributed by atoms with Crippen molar-refractivity contribution in [2.75, 3.05) is 11.9 Å². The molecular weight excluding hydrogens is 430 g/mol. The highest BCUT2D eigenvalue weighted by molar-refractivity contribution is 5.99. The van der Waals surface area contributed by atoms with Crippen LogP contribution in [0.3, 0.4) is 0 Å². The summed E-state index contributed by atoms with van der Waals surface area (Å²) in [5, 5.41) is 5.47. The zero-order valence-corrected chi connectivity index (χ0v) is 20.1. The average molecular weight is 462 g/mol. The summed E-state index contributed by atoms with van der Waals surface area (Å²) in [4.78, 5) is 40.7. The van der Waals surface area contributed by atoms with E-state index in [-0.39, 0.29) is 24.4 Å². The zero-order valence-electron chi connectivity index (χ0n) is 20.1. The topological polar surface area (TPSA) is 87.7 Å². The number of amides is 3. The van der Waals surface area contributed by atoms with Gasteiger partial charge in [-0.2, -0.15) is 0 Å². The minimum Gasteiger partial charge on any atom is -0.444 e. The Morgan fingerprint density at radius 3 is 2.38 bits per heavy atom. The largest absolute Gasteiger partial charge is 0.444 e. The number of alkyl carbamates (subject to hydrolysis) is 1. The molecule has 34 heavy (non-hydrogen) atoms. The lowest BCUT2D eigenvalue weighted by Crippen LogP contribution is -2.47. The Balaban J connectivity index is 1.92. The van der Waals surface area contributed by atoms with Crippen molar-refractivity contribution in [1.29, 1.82) is 0 Å². The highest BCUT2D eigenvalue weighted by atomic mass is 16.6. The van der Waals surface area contributed by atoms with Gasteiger partial charge in [-0.25, -0.2) is 4.79 Å². The molecule has 1 unspecified atom stereocenters. The predicted molar refractivity (Wildman–Crippen MR) is 131 cm³/mol. The highest BCUT2D eigenvalue weighted by Crippen LogP contribution is 2.36. The first-order chi connectivity index (χ1) is 16.1. The SMILES string of the molecule is C#Cc1ccccc1C(C(=O)Nc1ccccc1C)N(C(=O)CNC(=O)OC(C)(C)C)C1CC1. The second-order valence-corrected chi connectivity index (χ2v) is 9.33. The van der Waals surface area contributed by atoms with E-state index in [2.05, 4.69) is 16.6 Å². The van der Waals surface area contributed by atoms with Crippen molar-refractivity contribution in [3.8, 4) is 12.3 Å². The molecule has 7 heteroatoms. The molecule has 1 aliphatic carbocycles. The smallest absolute Gasteiger partial charge is 0.408 e. The van der Waals surface area contributed by atoms with Gasteiger partial charge in [0.1, 0.15) is 18.2 Å². The van der Waals surface area contributed by atoms with Crippen molar-refractivity contribution in [2.24, 2.45) is 0 Å². The molecule has 178 valence electrons. The summed E-state index contributed by atoms with van der Waals surface area (Å²) in [7, 11) is 0. The maximum absolute atomic E-state index is 13.7. The third-order valence-electron chi connectivity index (χ3n) is 5.35. The van der Waals surface area contributed by atoms with Crippen LogP contribution < -0.4 is 10.6 Å². The molecule has 3 rings (SSSR count). The van der Waals surface area contributed by atoms with Crippen LogP contribution >= 0.6 is 0 Å². The molecule has 0 heterocycles. The lowest BCUT2D eigenvalue weighted by atomic mass is 9.97. The third kappa shape index (κ3) is 6.38. The molecule has 1 saturated carbocycles. The first-order valence-corrected chi connectivity index (χ1v) is 11.3. The number of carbonyl (C=O) groups is 3. The molecule has 2 aromatic rings. The van der Waals surface area contributed by atoms with Crippen LogP contribution in [0.4, 0.5) is 10.5 Å². The summed E-state index contributed by atoms with van der Waals surface area (Å²) in [5.74, 6) is 1.88. The summed E-state index contributed by atoms with van der Waals surface area (Å²) in [6.07, 6.45) is 6.58. The summed E-state index contributed by atoms with van der Waals surface area (Å²) < 4.78 is 5.24. The number of nitrogens with zero attached hydrogens (tertiary/aromatic N) is 1. The van der Waals surface area contributed by atoms with Gasteiger partial charge in [-0.15, -0.1) is 6.42 Å². The van der Waals surface area contributed by atoms with Crippen LogP contribution in [-0.4, -0.2) is 41.0 Å². The number of aryl methyl sites for hydroxylation is 1. The summed E-state index contributed by atoms with van der Waals surface area (Å²) in [6, 6.07) is 13.5. The van der Waals surface area contributed by atoms with Crippen molar-refractivity contribution in [1.82, 2.24) is 10.2 Å². The van der Waals surface area contributed by atoms with Crippen LogP contribution in [-0.2, 0) is 14.3 Å². The van der Waals surface area contributed by atoms with Crippen molar-refractivity contribution < 1.29 is 19.1 Å². The minimum atomic E-state index is -0.952. The second kappa shape index (κ2) is 10.4. The van der Waals surface area contributed by atoms with Gasteiger partial charge in [-0.1, -0.05) is 42.3 Å². The van der Waals surface area contributed by atoms with Gasteiger partial charge in [0.05, 0.1) is 0 Å². The molecule has 1 aliphatic rings. The molecule has 2 aromatic carbocycles. The summed E-state index contributed by atoms with van der Waals surface area (Å²) in [6.45, 7) is 6.83. The number of rotatable bonds is 7. The number of hydrogen-bond acceptors (Lipinski definition) is 4. The minimum absolute atomic E-state index is 0.119. The van der Waals surface area contributed by atoms with Gasteiger partial charge in [0, 0.05) is 17.3 Å². The van der Waals surface area contributed by atoms with Gasteiger partial charge in [0.25, 0.3) is 5.91 Å². The Labute approximate surface area is 200 Å². The fraction of sp³-hybridized carbons (Fsp3) is 0.370. The molecule has 0 bridgehead atoms. The molecule has 3 amide bonds. The van der Waals surface area contributed by atoms with Crippen molar-refractivity contribution in [3.05, 3.63) is 65.2 Å². The molecule has 0 spiro atoms. The first kappa shape index (κ1) is 24.8. The Kier molecular flexibility index (Phi) is 7.62. The number of ether oxygens (including phenoxy) is 1. The fourth-order valence-electron chi connectivity index (χ4n) is 3.66. The number of nitrogens with one attached hydrogen (secondary N) is 2. The zero-order chi connectivity index (χ0) is 24.9. The Morgan fingerprint density at radius 2 is 1.76 bits per heavy atom. The quantitative estimate of drug-likeness (QED) is 0.606. The Morgan fingerprint density at radius 1 is 1.12 bits per heavy atom. The van der Waals surface area contributed by atoms with Crippen molar-refractivity contribution in [3.63, 3.8) is 0 Å². The van der Waals surface area contributed by atoms with Crippen molar-refractivity contribution >= 4 is 23.6 Å². The Bertz CT molecular complexity index is 1110. The third-order valence-corrected chi connectivity index (χ3v) is 5.35. The molecule has 0 saturated heterocycles. The van der Waals surface area contributed by atoms with E-state index in [1.807, 2.05) is 31.2 Å². The van der Waals surface area contributed by atoms with Crippen LogP contribution in [0, 0.1) is 19.3 Å². The van der Waals surface area contributed by atoms with E-state index in [1.165, 1.54) is 0 Å². The maximum Gasteiger partial charge on any atom is 0.408 e. The first-order valence-electron chi connectivity index (χ1n) is 11.3. The van der Waals surface area contributed by atoms with E-state index in [9.17, 15) is 14.4 Å². The number of hydrogen-bond donors (Lipinski definition) is 2. The lowest BCUT2D eigenvalue weighted by Gasteiger charge is -2.32. The van der Waals surface area contributed by atoms with Crippen LogP contribution in [0.1, 0.15) is 56.3 Å². The number of para-hydroxylation sites is 1. The maximum atomic E-state index is 13.7. The molecule has 1 fully saturated rings. The standard InChI is InChI=1S/C27H31N3O4/c1-6-19-12-8-9-13-21(19)24(25(32)29-22-14-10-7-11-18(22)2)30(20-15-16-20)23(31)17-28-26(33)34-27(3,4)5/h1,7-14,20,24H,15-17H2,2-5H3,(H,28,33)(H,29,32). The lowest BCUT2D eigenvalue weighted by molar-refractivity contribution is -0.139. The van der Waals surface area contributed by atoms with E-state index < -0.39 is 17.7 Å². The van der Waals surface area contributed by atoms with Crippen LogP contribution in [0.25, 0.3) is 0 Å². The van der Waals surface area contributed by atoms with Gasteiger partial charge < -0.3 is 20.3 Å². The normalized spacial score (nSPS) is 13.9. The molecular formula is C27H31N3O4. The monoisotopic (exact) mass is 461 g/mol. The van der Waals surface area contributed by atoms with Crippen molar-refractivity contribution in [2.45, 2.75) is 58.2 Å². The molecule has 0 aliphatic heterocycles. The molecule has 2 N–H and O–H groups in total. The molecule has 1 atom stereocenters. The van der Waals surface area contributed by atoms with Gasteiger partial charge in [-0.05, 0) is 63.8 Å². The fourth-order valence-corrected chi connectivity index (χ4v) is 3.66. The number of terminal acetylenes is 1. The van der Waals surface area contributed by atoms with Crippen LogP contribution in [0.15, 0.2) is 48.5 Å². The van der Waals surface area contributed by atoms with E-state index in [4.69, 9.17) is 11.2 Å². The second-order valence-electron chi connectivity index (χ2n) is 9.33. The highest BCUT2D eigenvalue weighted by Gasteiger charge is 2.42. The average Bonchev–Trinajstić information content (AvgIpc) is 3.61. The summed E-state index contributed by atoms with van der Waals surface area (Å²) in [5.41, 5.74) is 1.96.